The Balaban J connectivity index is 0. The molecule has 9 N–H and O–H groups in total. The molecule has 0 fully saturated rings. The summed E-state index contributed by atoms with van der Waals surface area (Å²) in [6.07, 6.45) is 11.6. The Kier molecular flexibility index (Phi) is 21.2. The number of hydrazine groups is 4. The fourth-order valence-corrected chi connectivity index (χ4v) is 1.64. The van der Waals surface area contributed by atoms with Crippen LogP contribution >= 0.6 is 0 Å². The molecule has 7 nitrogen and oxygen atoms in total. The van der Waals surface area contributed by atoms with Crippen LogP contribution in [0.1, 0.15) is 64.7 Å². The molecule has 0 aromatic carbocycles. The van der Waals surface area contributed by atoms with Crippen LogP contribution in [0.2, 0.25) is 0 Å². The zero-order valence-electron chi connectivity index (χ0n) is 11.7. The fourth-order valence-electron chi connectivity index (χ4n) is 1.64. The molecule has 0 aliphatic rings. The monoisotopic (exact) mass is 264 g/mol. The maximum atomic E-state index is 8.95. The molecular weight excluding hydrogens is 232 g/mol. The Bertz CT molecular complexity index is 139. The first-order chi connectivity index (χ1) is 8.72. The van der Waals surface area contributed by atoms with Gasteiger partial charge in [-0.1, -0.05) is 58.3 Å². The summed E-state index contributed by atoms with van der Waals surface area (Å²) in [5.74, 6) is 13.8. The summed E-state index contributed by atoms with van der Waals surface area (Å²) in [6, 6.07) is 0. The van der Waals surface area contributed by atoms with Crippen molar-refractivity contribution in [1.29, 1.82) is 0 Å². The SMILES string of the molecule is CCCCCCCCCCCN(O)NN.NNN. The van der Waals surface area contributed by atoms with Crippen LogP contribution in [0.25, 0.3) is 0 Å². The van der Waals surface area contributed by atoms with Gasteiger partial charge >= 0.3 is 0 Å². The lowest BCUT2D eigenvalue weighted by Crippen LogP contribution is -2.40. The average molecular weight is 264 g/mol. The van der Waals surface area contributed by atoms with E-state index in [-0.39, 0.29) is 0 Å². The Hall–Kier alpha value is -0.280. The van der Waals surface area contributed by atoms with Gasteiger partial charge in [-0.25, -0.2) is 0 Å². The molecule has 0 spiro atoms. The molecule has 0 unspecified atom stereocenters. The third-order valence-corrected chi connectivity index (χ3v) is 2.62. The van der Waals surface area contributed by atoms with E-state index in [0.29, 0.717) is 6.54 Å². The standard InChI is InChI=1S/C11H27N3O.H5N3/c1-2-3-4-5-6-7-8-9-10-11-14(15)13-12;1-3-2/h13,15H,2-12H2,1H3;3H,1-2H2. The molecule has 0 aliphatic heterocycles. The van der Waals surface area contributed by atoms with E-state index in [0.717, 1.165) is 11.6 Å². The number of hydrogen-bond donors (Lipinski definition) is 6. The van der Waals surface area contributed by atoms with E-state index in [2.05, 4.69) is 24.1 Å². The second kappa shape index (κ2) is 19.1. The molecule has 0 saturated heterocycles. The molecule has 0 aromatic heterocycles. The van der Waals surface area contributed by atoms with Crippen molar-refractivity contribution in [1.82, 2.24) is 16.2 Å². The zero-order valence-corrected chi connectivity index (χ0v) is 11.7. The van der Waals surface area contributed by atoms with Gasteiger partial charge in [0.05, 0.1) is 0 Å². The normalized spacial score (nSPS) is 10.3. The molecule has 112 valence electrons. The summed E-state index contributed by atoms with van der Waals surface area (Å²) < 4.78 is 0. The molecule has 0 radical (unpaired) electrons. The lowest BCUT2D eigenvalue weighted by molar-refractivity contribution is -0.138. The summed E-state index contributed by atoms with van der Waals surface area (Å²) in [4.78, 5) is 0. The third-order valence-electron chi connectivity index (χ3n) is 2.62. The number of nitrogens with one attached hydrogen (secondary N) is 2. The Labute approximate surface area is 111 Å². The highest BCUT2D eigenvalue weighted by Gasteiger charge is 1.96. The molecule has 0 rings (SSSR count). The van der Waals surface area contributed by atoms with Crippen LogP contribution in [-0.4, -0.2) is 16.9 Å². The van der Waals surface area contributed by atoms with Crippen LogP contribution in [0.3, 0.4) is 0 Å². The minimum atomic E-state index is 0.604. The number of hydroxylamine groups is 1. The number of rotatable bonds is 11. The fraction of sp³-hybridized carbons (Fsp3) is 1.00. The van der Waals surface area contributed by atoms with Crippen molar-refractivity contribution in [3.63, 3.8) is 0 Å². The first-order valence-electron chi connectivity index (χ1n) is 6.81. The van der Waals surface area contributed by atoms with Gasteiger partial charge < -0.3 is 0 Å². The van der Waals surface area contributed by atoms with Gasteiger partial charge in [0.2, 0.25) is 0 Å². The third kappa shape index (κ3) is 21.1. The van der Waals surface area contributed by atoms with E-state index < -0.39 is 0 Å². The molecule has 0 bridgehead atoms. The van der Waals surface area contributed by atoms with Crippen molar-refractivity contribution in [3.8, 4) is 0 Å². The van der Waals surface area contributed by atoms with Gasteiger partial charge in [0.1, 0.15) is 0 Å². The first-order valence-corrected chi connectivity index (χ1v) is 6.81. The van der Waals surface area contributed by atoms with Gasteiger partial charge in [-0.15, -0.1) is 5.17 Å². The van der Waals surface area contributed by atoms with Crippen LogP contribution in [0.5, 0.6) is 0 Å². The van der Waals surface area contributed by atoms with E-state index in [9.17, 15) is 0 Å². The molecule has 0 amide bonds. The van der Waals surface area contributed by atoms with Crippen molar-refractivity contribution in [2.24, 2.45) is 17.5 Å². The van der Waals surface area contributed by atoms with E-state index in [1.807, 2.05) is 0 Å². The lowest BCUT2D eigenvalue weighted by atomic mass is 10.1. The molecule has 0 heterocycles. The molecule has 7 heteroatoms. The van der Waals surface area contributed by atoms with Crippen molar-refractivity contribution in [3.05, 3.63) is 0 Å². The highest BCUT2D eigenvalue weighted by atomic mass is 16.5. The van der Waals surface area contributed by atoms with E-state index in [1.54, 1.807) is 5.53 Å². The van der Waals surface area contributed by atoms with Gasteiger partial charge in [-0.3, -0.25) is 22.7 Å². The Morgan fingerprint density at radius 1 is 0.833 bits per heavy atom. The Morgan fingerprint density at radius 3 is 1.61 bits per heavy atom. The van der Waals surface area contributed by atoms with Crippen LogP contribution in [0, 0.1) is 0 Å². The van der Waals surface area contributed by atoms with Crippen LogP contribution in [0.4, 0.5) is 0 Å². The van der Waals surface area contributed by atoms with Gasteiger partial charge in [-0.2, -0.15) is 11.1 Å². The number of unbranched alkanes of at least 4 members (excludes halogenated alkanes) is 8. The topological polar surface area (TPSA) is 126 Å². The molecule has 0 saturated carbocycles. The molecule has 0 atom stereocenters. The smallest absolute Gasteiger partial charge is 0.0412 e. The second-order valence-corrected chi connectivity index (χ2v) is 4.25. The summed E-state index contributed by atoms with van der Waals surface area (Å²) in [5, 5.41) is 9.89. The second-order valence-electron chi connectivity index (χ2n) is 4.25. The zero-order chi connectivity index (χ0) is 14.1. The summed E-state index contributed by atoms with van der Waals surface area (Å²) in [5.41, 5.74) is 3.93. The highest BCUT2D eigenvalue weighted by molar-refractivity contribution is 4.47. The number of hydrogen-bond acceptors (Lipinski definition) is 7. The number of nitrogens with zero attached hydrogens (tertiary/aromatic N) is 1. The maximum Gasteiger partial charge on any atom is 0.0412 e. The van der Waals surface area contributed by atoms with E-state index in [4.69, 9.17) is 11.0 Å². The lowest BCUT2D eigenvalue weighted by Gasteiger charge is -2.11. The van der Waals surface area contributed by atoms with Gasteiger partial charge in [0.25, 0.3) is 0 Å². The number of nitrogens with two attached hydrogens (primary N) is 3. The first kappa shape index (κ1) is 20.0. The molecule has 18 heavy (non-hydrogen) atoms. The quantitative estimate of drug-likeness (QED) is 0.186. The van der Waals surface area contributed by atoms with Crippen molar-refractivity contribution in [2.45, 2.75) is 64.7 Å². The van der Waals surface area contributed by atoms with Crippen LogP contribution in [0.15, 0.2) is 0 Å². The molecule has 0 aromatic rings. The average Bonchev–Trinajstić information content (AvgIpc) is 2.37. The minimum Gasteiger partial charge on any atom is -0.298 e. The van der Waals surface area contributed by atoms with E-state index >= 15 is 0 Å². The summed E-state index contributed by atoms with van der Waals surface area (Å²) in [7, 11) is 0. The predicted molar refractivity (Wildman–Crippen MR) is 74.6 cm³/mol. The van der Waals surface area contributed by atoms with Crippen molar-refractivity contribution in [2.75, 3.05) is 6.54 Å². The molecule has 0 aliphatic carbocycles. The van der Waals surface area contributed by atoms with Gasteiger partial charge in [0, 0.05) is 6.54 Å². The summed E-state index contributed by atoms with van der Waals surface area (Å²) >= 11 is 0. The van der Waals surface area contributed by atoms with Crippen LogP contribution < -0.4 is 28.6 Å². The van der Waals surface area contributed by atoms with Crippen LogP contribution in [-0.2, 0) is 0 Å². The van der Waals surface area contributed by atoms with E-state index in [1.165, 1.54) is 51.4 Å². The Morgan fingerprint density at radius 2 is 1.22 bits per heavy atom. The van der Waals surface area contributed by atoms with Gasteiger partial charge in [0.15, 0.2) is 0 Å². The van der Waals surface area contributed by atoms with Crippen molar-refractivity contribution < 1.29 is 5.21 Å². The predicted octanol–water partition coefficient (Wildman–Crippen LogP) is 0.910. The molecular formula is C11H32N6O. The van der Waals surface area contributed by atoms with Crippen molar-refractivity contribution >= 4 is 0 Å². The summed E-state index contributed by atoms with van der Waals surface area (Å²) in [6.45, 7) is 2.85. The minimum absolute atomic E-state index is 0.604. The largest absolute Gasteiger partial charge is 0.298 e. The highest BCUT2D eigenvalue weighted by Crippen LogP contribution is 2.09. The van der Waals surface area contributed by atoms with Gasteiger partial charge in [-0.05, 0) is 6.42 Å². The maximum absolute atomic E-state index is 8.95.